The van der Waals surface area contributed by atoms with Gasteiger partial charge in [0.1, 0.15) is 11.6 Å². The molecule has 2 aliphatic rings. The minimum Gasteiger partial charge on any atom is -0.494 e. The number of aromatic nitrogens is 2. The van der Waals surface area contributed by atoms with Crippen molar-refractivity contribution in [2.45, 2.75) is 13.0 Å². The van der Waals surface area contributed by atoms with Gasteiger partial charge in [-0.25, -0.2) is 9.37 Å². The highest BCUT2D eigenvalue weighted by molar-refractivity contribution is 6.32. The number of nitrogens with one attached hydrogen (secondary N) is 1. The van der Waals surface area contributed by atoms with Gasteiger partial charge in [0.25, 0.3) is 0 Å². The number of anilines is 1. The van der Waals surface area contributed by atoms with Crippen molar-refractivity contribution in [2.75, 3.05) is 19.0 Å². The number of rotatable bonds is 5. The Balaban J connectivity index is 1.42. The number of halogens is 2. The predicted molar refractivity (Wildman–Crippen MR) is 124 cm³/mol. The summed E-state index contributed by atoms with van der Waals surface area (Å²) >= 11 is 6.43. The van der Waals surface area contributed by atoms with Crippen molar-refractivity contribution < 1.29 is 9.13 Å². The summed E-state index contributed by atoms with van der Waals surface area (Å²) in [6.07, 6.45) is 7.37. The fourth-order valence-corrected chi connectivity index (χ4v) is 4.20. The van der Waals surface area contributed by atoms with E-state index in [4.69, 9.17) is 21.3 Å². The Hall–Kier alpha value is -3.58. The Morgan fingerprint density at radius 3 is 2.84 bits per heavy atom. The largest absolute Gasteiger partial charge is 0.494 e. The first-order valence-corrected chi connectivity index (χ1v) is 10.5. The molecule has 3 heterocycles. The van der Waals surface area contributed by atoms with E-state index < -0.39 is 0 Å². The van der Waals surface area contributed by atoms with Gasteiger partial charge in [-0.15, -0.1) is 0 Å². The highest BCUT2D eigenvalue weighted by Gasteiger charge is 2.32. The number of benzene rings is 2. The molecule has 3 aromatic rings. The van der Waals surface area contributed by atoms with E-state index in [1.54, 1.807) is 19.5 Å². The number of aliphatic imine (C=N–C) groups is 1. The molecule has 5 rings (SSSR count). The molecule has 0 fully saturated rings. The van der Waals surface area contributed by atoms with E-state index in [2.05, 4.69) is 10.3 Å². The van der Waals surface area contributed by atoms with E-state index in [9.17, 15) is 4.39 Å². The quantitative estimate of drug-likeness (QED) is 0.583. The number of hydrogen-bond donors (Lipinski definition) is 1. The van der Waals surface area contributed by atoms with Gasteiger partial charge in [0, 0.05) is 24.2 Å². The molecular formula is C24H21ClFN5O. The average Bonchev–Trinajstić information content (AvgIpc) is 3.40. The number of fused-ring (bicyclic) bond motifs is 1. The second kappa shape index (κ2) is 8.16. The van der Waals surface area contributed by atoms with Gasteiger partial charge >= 0.3 is 0 Å². The summed E-state index contributed by atoms with van der Waals surface area (Å²) in [5, 5.41) is 3.97. The van der Waals surface area contributed by atoms with Crippen molar-refractivity contribution in [3.63, 3.8) is 0 Å². The molecule has 2 aromatic carbocycles. The Morgan fingerprint density at radius 2 is 2.09 bits per heavy atom. The van der Waals surface area contributed by atoms with Crippen LogP contribution in [0.3, 0.4) is 0 Å². The lowest BCUT2D eigenvalue weighted by molar-refractivity contribution is 0.413. The molecular weight excluding hydrogens is 429 g/mol. The van der Waals surface area contributed by atoms with Gasteiger partial charge in [0.05, 0.1) is 48.1 Å². The average molecular weight is 450 g/mol. The Bertz CT molecular complexity index is 1280. The van der Waals surface area contributed by atoms with Gasteiger partial charge in [-0.1, -0.05) is 23.7 Å². The fourth-order valence-electron chi connectivity index (χ4n) is 3.99. The lowest BCUT2D eigenvalue weighted by Gasteiger charge is -2.29. The zero-order valence-electron chi connectivity index (χ0n) is 17.6. The number of ether oxygens (including phenoxy) is 1. The zero-order chi connectivity index (χ0) is 22.2. The van der Waals surface area contributed by atoms with Crippen molar-refractivity contribution in [3.05, 3.63) is 95.1 Å². The molecule has 0 saturated heterocycles. The molecule has 0 amide bonds. The molecule has 1 unspecified atom stereocenters. The SMILES string of the molecule is COc1cc(NC2=CC(Cl)=CN3C2=NCC3c2cccc(F)c2)ccc1-n1cnc(C)c1. The van der Waals surface area contributed by atoms with Crippen molar-refractivity contribution in [3.8, 4) is 11.4 Å². The van der Waals surface area contributed by atoms with Crippen molar-refractivity contribution in [2.24, 2.45) is 4.99 Å². The van der Waals surface area contributed by atoms with Crippen molar-refractivity contribution in [1.82, 2.24) is 14.5 Å². The van der Waals surface area contributed by atoms with Crippen LogP contribution >= 0.6 is 11.6 Å². The first-order chi connectivity index (χ1) is 15.5. The van der Waals surface area contributed by atoms with Gasteiger partial charge in [0.2, 0.25) is 0 Å². The summed E-state index contributed by atoms with van der Waals surface area (Å²) in [4.78, 5) is 11.0. The summed E-state index contributed by atoms with van der Waals surface area (Å²) in [7, 11) is 1.64. The van der Waals surface area contributed by atoms with Gasteiger partial charge in [-0.2, -0.15) is 0 Å². The number of amidine groups is 1. The Kier molecular flexibility index (Phi) is 5.19. The van der Waals surface area contributed by atoms with E-state index in [0.717, 1.165) is 34.2 Å². The first kappa shape index (κ1) is 20.3. The van der Waals surface area contributed by atoms with Crippen LogP contribution in [0.5, 0.6) is 5.75 Å². The van der Waals surface area contributed by atoms with Crippen LogP contribution in [0.2, 0.25) is 0 Å². The highest BCUT2D eigenvalue weighted by Crippen LogP contribution is 2.35. The van der Waals surface area contributed by atoms with Crippen LogP contribution in [-0.2, 0) is 0 Å². The molecule has 0 bridgehead atoms. The second-order valence-corrected chi connectivity index (χ2v) is 8.08. The third-order valence-electron chi connectivity index (χ3n) is 5.46. The number of nitrogens with zero attached hydrogens (tertiary/aromatic N) is 4. The summed E-state index contributed by atoms with van der Waals surface area (Å²) in [6.45, 7) is 2.46. The van der Waals surface area contributed by atoms with Crippen LogP contribution in [0, 0.1) is 12.7 Å². The number of hydrogen-bond acceptors (Lipinski definition) is 5. The third-order valence-corrected chi connectivity index (χ3v) is 5.67. The molecule has 1 atom stereocenters. The second-order valence-electron chi connectivity index (χ2n) is 7.65. The standard InChI is InChI=1S/C24H21ClFN5O/c1-15-12-30(14-28-15)21-7-6-19(10-23(21)32-2)29-20-9-17(25)13-31-22(11-27-24(20)31)16-4-3-5-18(26)8-16/h3-10,12-14,22,29H,11H2,1-2H3. The van der Waals surface area contributed by atoms with Crippen molar-refractivity contribution >= 4 is 23.1 Å². The number of aryl methyl sites for hydroxylation is 1. The number of allylic oxidation sites excluding steroid dienone is 2. The molecule has 1 N–H and O–H groups in total. The Labute approximate surface area is 190 Å². The van der Waals surface area contributed by atoms with E-state index >= 15 is 0 Å². The summed E-state index contributed by atoms with van der Waals surface area (Å²) in [6, 6.07) is 12.3. The minimum atomic E-state index is -0.266. The van der Waals surface area contributed by atoms with E-state index in [1.165, 1.54) is 12.1 Å². The molecule has 0 saturated carbocycles. The molecule has 32 heavy (non-hydrogen) atoms. The summed E-state index contributed by atoms with van der Waals surface area (Å²) < 4.78 is 21.3. The molecule has 162 valence electrons. The number of methoxy groups -OCH3 is 1. The van der Waals surface area contributed by atoms with Crippen LogP contribution in [0.4, 0.5) is 10.1 Å². The predicted octanol–water partition coefficient (Wildman–Crippen LogP) is 5.17. The van der Waals surface area contributed by atoms with Gasteiger partial charge in [0.15, 0.2) is 5.84 Å². The maximum Gasteiger partial charge on any atom is 0.152 e. The molecule has 1 aromatic heterocycles. The number of imidazole rings is 1. The van der Waals surface area contributed by atoms with E-state index in [1.807, 2.05) is 59.1 Å². The van der Waals surface area contributed by atoms with Crippen LogP contribution in [0.1, 0.15) is 17.3 Å². The normalized spacial score (nSPS) is 17.4. The van der Waals surface area contributed by atoms with E-state index in [-0.39, 0.29) is 11.9 Å². The lowest BCUT2D eigenvalue weighted by Crippen LogP contribution is -2.31. The van der Waals surface area contributed by atoms with Crippen LogP contribution < -0.4 is 10.1 Å². The van der Waals surface area contributed by atoms with Gasteiger partial charge < -0.3 is 19.5 Å². The van der Waals surface area contributed by atoms with Crippen LogP contribution in [0.25, 0.3) is 5.69 Å². The summed E-state index contributed by atoms with van der Waals surface area (Å²) in [5.41, 5.74) is 4.27. The molecule has 0 radical (unpaired) electrons. The Morgan fingerprint density at radius 1 is 1.22 bits per heavy atom. The lowest BCUT2D eigenvalue weighted by atomic mass is 10.1. The molecule has 0 spiro atoms. The zero-order valence-corrected chi connectivity index (χ0v) is 18.3. The summed E-state index contributed by atoms with van der Waals surface area (Å²) in [5.74, 6) is 1.20. The maximum absolute atomic E-state index is 13.8. The van der Waals surface area contributed by atoms with Gasteiger partial charge in [-0.05, 0) is 42.8 Å². The molecule has 6 nitrogen and oxygen atoms in total. The minimum absolute atomic E-state index is 0.110. The molecule has 2 aliphatic heterocycles. The monoisotopic (exact) mass is 449 g/mol. The molecule has 0 aliphatic carbocycles. The molecule has 8 heteroatoms. The maximum atomic E-state index is 13.8. The first-order valence-electron chi connectivity index (χ1n) is 10.2. The third kappa shape index (κ3) is 3.76. The van der Waals surface area contributed by atoms with Crippen LogP contribution in [0.15, 0.2) is 83.0 Å². The topological polar surface area (TPSA) is 54.7 Å². The van der Waals surface area contributed by atoms with E-state index in [0.29, 0.717) is 17.3 Å². The van der Waals surface area contributed by atoms with Crippen molar-refractivity contribution in [1.29, 1.82) is 0 Å². The smallest absolute Gasteiger partial charge is 0.152 e. The fraction of sp³-hybridized carbons (Fsp3) is 0.167. The van der Waals surface area contributed by atoms with Gasteiger partial charge in [-0.3, -0.25) is 4.99 Å². The van der Waals surface area contributed by atoms with Crippen LogP contribution in [-0.4, -0.2) is 33.9 Å². The highest BCUT2D eigenvalue weighted by atomic mass is 35.5.